The van der Waals surface area contributed by atoms with Crippen molar-refractivity contribution in [3.63, 3.8) is 0 Å². The van der Waals surface area contributed by atoms with Crippen molar-refractivity contribution in [3.8, 4) is 11.5 Å². The Bertz CT molecular complexity index is 599. The Balaban J connectivity index is 2.23. The Morgan fingerprint density at radius 3 is 2.63 bits per heavy atom. The van der Waals surface area contributed by atoms with E-state index in [1.54, 1.807) is 12.1 Å². The van der Waals surface area contributed by atoms with Crippen LogP contribution in [0.2, 0.25) is 5.15 Å². The lowest BCUT2D eigenvalue weighted by Crippen LogP contribution is -2.10. The summed E-state index contributed by atoms with van der Waals surface area (Å²) in [6, 6.07) is 4.78. The molecule has 0 bridgehead atoms. The molecule has 0 aliphatic carbocycles. The number of nitrogens with zero attached hydrogens (tertiary/aromatic N) is 2. The summed E-state index contributed by atoms with van der Waals surface area (Å²) in [5, 5.41) is 0.214. The standard InChI is InChI=1S/C13H11ClN2O3/c1-8-3-4-9(6-15-8)13(17)19-10-5-12(14)16-7-11(10)18-2/h3-7H,1-2H3. The molecule has 0 unspecified atom stereocenters. The molecule has 0 N–H and O–H groups in total. The molecule has 0 fully saturated rings. The Hall–Kier alpha value is -2.14. The average Bonchev–Trinajstić information content (AvgIpc) is 2.39. The van der Waals surface area contributed by atoms with Crippen molar-refractivity contribution in [2.45, 2.75) is 6.92 Å². The first kappa shape index (κ1) is 13.3. The highest BCUT2D eigenvalue weighted by Gasteiger charge is 2.13. The quantitative estimate of drug-likeness (QED) is 0.638. The molecule has 2 heterocycles. The highest BCUT2D eigenvalue weighted by molar-refractivity contribution is 6.29. The van der Waals surface area contributed by atoms with Crippen LogP contribution in [0.4, 0.5) is 0 Å². The third kappa shape index (κ3) is 3.20. The van der Waals surface area contributed by atoms with E-state index in [9.17, 15) is 4.79 Å². The summed E-state index contributed by atoms with van der Waals surface area (Å²) in [5.74, 6) is 0.0129. The van der Waals surface area contributed by atoms with Crippen LogP contribution in [-0.2, 0) is 0 Å². The number of methoxy groups -OCH3 is 1. The largest absolute Gasteiger partial charge is 0.491 e. The molecule has 2 aromatic rings. The second kappa shape index (κ2) is 5.67. The van der Waals surface area contributed by atoms with E-state index in [0.717, 1.165) is 5.69 Å². The predicted molar refractivity (Wildman–Crippen MR) is 69.7 cm³/mol. The molecule has 0 saturated heterocycles. The van der Waals surface area contributed by atoms with E-state index >= 15 is 0 Å². The van der Waals surface area contributed by atoms with Crippen LogP contribution >= 0.6 is 11.6 Å². The van der Waals surface area contributed by atoms with Crippen LogP contribution < -0.4 is 9.47 Å². The molecule has 2 aromatic heterocycles. The number of aryl methyl sites for hydroxylation is 1. The van der Waals surface area contributed by atoms with Gasteiger partial charge in [-0.25, -0.2) is 9.78 Å². The summed E-state index contributed by atoms with van der Waals surface area (Å²) in [7, 11) is 1.45. The summed E-state index contributed by atoms with van der Waals surface area (Å²) >= 11 is 5.75. The number of hydrogen-bond donors (Lipinski definition) is 0. The number of halogens is 1. The first-order chi connectivity index (χ1) is 9.10. The second-order valence-corrected chi connectivity index (χ2v) is 4.12. The van der Waals surface area contributed by atoms with Crippen molar-refractivity contribution < 1.29 is 14.3 Å². The number of rotatable bonds is 3. The van der Waals surface area contributed by atoms with Gasteiger partial charge in [0.1, 0.15) is 5.15 Å². The number of esters is 1. The van der Waals surface area contributed by atoms with Crippen molar-refractivity contribution >= 4 is 17.6 Å². The molecular formula is C13H11ClN2O3. The summed E-state index contributed by atoms with van der Waals surface area (Å²) in [6.45, 7) is 1.83. The molecule has 0 aliphatic heterocycles. The summed E-state index contributed by atoms with van der Waals surface area (Å²) in [6.07, 6.45) is 2.84. The number of hydrogen-bond acceptors (Lipinski definition) is 5. The molecule has 5 nitrogen and oxygen atoms in total. The van der Waals surface area contributed by atoms with Crippen LogP contribution in [-0.4, -0.2) is 23.0 Å². The SMILES string of the molecule is COc1cnc(Cl)cc1OC(=O)c1ccc(C)nc1. The fourth-order valence-electron chi connectivity index (χ4n) is 1.38. The van der Waals surface area contributed by atoms with Gasteiger partial charge in [-0.2, -0.15) is 0 Å². The van der Waals surface area contributed by atoms with E-state index in [0.29, 0.717) is 11.3 Å². The van der Waals surface area contributed by atoms with Crippen LogP contribution in [0.1, 0.15) is 16.1 Å². The lowest BCUT2D eigenvalue weighted by molar-refractivity contribution is 0.0729. The molecular weight excluding hydrogens is 268 g/mol. The van der Waals surface area contributed by atoms with Gasteiger partial charge in [0.25, 0.3) is 0 Å². The number of aromatic nitrogens is 2. The van der Waals surface area contributed by atoms with Crippen LogP contribution in [0.5, 0.6) is 11.5 Å². The third-order valence-electron chi connectivity index (χ3n) is 2.37. The van der Waals surface area contributed by atoms with Gasteiger partial charge in [-0.1, -0.05) is 11.6 Å². The maximum atomic E-state index is 11.9. The molecule has 0 saturated carbocycles. The Morgan fingerprint density at radius 2 is 2.00 bits per heavy atom. The topological polar surface area (TPSA) is 61.3 Å². The molecule has 0 radical (unpaired) electrons. The Morgan fingerprint density at radius 1 is 1.21 bits per heavy atom. The number of carbonyl (C=O) groups excluding carboxylic acids is 1. The number of pyridine rings is 2. The van der Waals surface area contributed by atoms with Crippen LogP contribution in [0.15, 0.2) is 30.6 Å². The summed E-state index contributed by atoms with van der Waals surface area (Å²) in [5.41, 5.74) is 1.17. The highest BCUT2D eigenvalue weighted by atomic mass is 35.5. The molecule has 0 spiro atoms. The first-order valence-corrected chi connectivity index (χ1v) is 5.82. The van der Waals surface area contributed by atoms with E-state index in [1.807, 2.05) is 6.92 Å². The minimum atomic E-state index is -0.534. The van der Waals surface area contributed by atoms with Gasteiger partial charge in [-0.05, 0) is 19.1 Å². The number of carbonyl (C=O) groups is 1. The lowest BCUT2D eigenvalue weighted by Gasteiger charge is -2.08. The van der Waals surface area contributed by atoms with E-state index in [4.69, 9.17) is 21.1 Å². The summed E-state index contributed by atoms with van der Waals surface area (Å²) < 4.78 is 10.3. The molecule has 0 aromatic carbocycles. The average molecular weight is 279 g/mol. The maximum Gasteiger partial charge on any atom is 0.345 e. The van der Waals surface area contributed by atoms with E-state index in [-0.39, 0.29) is 10.9 Å². The zero-order valence-electron chi connectivity index (χ0n) is 10.4. The zero-order valence-corrected chi connectivity index (χ0v) is 11.1. The lowest BCUT2D eigenvalue weighted by atomic mass is 10.2. The van der Waals surface area contributed by atoms with Crippen molar-refractivity contribution in [3.05, 3.63) is 47.0 Å². The third-order valence-corrected chi connectivity index (χ3v) is 2.57. The fraction of sp³-hybridized carbons (Fsp3) is 0.154. The molecule has 0 aliphatic rings. The summed E-state index contributed by atoms with van der Waals surface area (Å²) in [4.78, 5) is 19.8. The molecule has 0 amide bonds. The van der Waals surface area contributed by atoms with Gasteiger partial charge in [0.2, 0.25) is 0 Å². The molecule has 6 heteroatoms. The van der Waals surface area contributed by atoms with Gasteiger partial charge in [0.15, 0.2) is 11.5 Å². The van der Waals surface area contributed by atoms with Crippen molar-refractivity contribution in [1.82, 2.24) is 9.97 Å². The Labute approximate surface area is 115 Å². The molecule has 98 valence electrons. The van der Waals surface area contributed by atoms with Crippen LogP contribution in [0.3, 0.4) is 0 Å². The van der Waals surface area contributed by atoms with Crippen LogP contribution in [0, 0.1) is 6.92 Å². The van der Waals surface area contributed by atoms with Crippen LogP contribution in [0.25, 0.3) is 0 Å². The van der Waals surface area contributed by atoms with E-state index in [1.165, 1.54) is 25.6 Å². The minimum absolute atomic E-state index is 0.214. The first-order valence-electron chi connectivity index (χ1n) is 5.44. The monoisotopic (exact) mass is 278 g/mol. The zero-order chi connectivity index (χ0) is 13.8. The fourth-order valence-corrected chi connectivity index (χ4v) is 1.53. The molecule has 19 heavy (non-hydrogen) atoms. The second-order valence-electron chi connectivity index (χ2n) is 3.74. The van der Waals surface area contributed by atoms with Gasteiger partial charge >= 0.3 is 5.97 Å². The van der Waals surface area contributed by atoms with Gasteiger partial charge in [-0.3, -0.25) is 4.98 Å². The smallest absolute Gasteiger partial charge is 0.345 e. The van der Waals surface area contributed by atoms with Gasteiger partial charge in [-0.15, -0.1) is 0 Å². The van der Waals surface area contributed by atoms with Crippen molar-refractivity contribution in [2.75, 3.05) is 7.11 Å². The Kier molecular flexibility index (Phi) is 3.97. The maximum absolute atomic E-state index is 11.9. The molecule has 0 atom stereocenters. The molecule has 2 rings (SSSR count). The highest BCUT2D eigenvalue weighted by Crippen LogP contribution is 2.28. The van der Waals surface area contributed by atoms with Crippen molar-refractivity contribution in [1.29, 1.82) is 0 Å². The minimum Gasteiger partial charge on any atom is -0.491 e. The van der Waals surface area contributed by atoms with Gasteiger partial charge in [0, 0.05) is 18.0 Å². The van der Waals surface area contributed by atoms with E-state index in [2.05, 4.69) is 9.97 Å². The van der Waals surface area contributed by atoms with Gasteiger partial charge in [0.05, 0.1) is 18.9 Å². The van der Waals surface area contributed by atoms with Gasteiger partial charge < -0.3 is 9.47 Å². The normalized spacial score (nSPS) is 10.1. The number of ether oxygens (including phenoxy) is 2. The van der Waals surface area contributed by atoms with Crippen molar-refractivity contribution in [2.24, 2.45) is 0 Å². The van der Waals surface area contributed by atoms with E-state index < -0.39 is 5.97 Å². The predicted octanol–water partition coefficient (Wildman–Crippen LogP) is 2.67.